The first-order chi connectivity index (χ1) is 8.16. The predicted molar refractivity (Wildman–Crippen MR) is 81.0 cm³/mol. The first kappa shape index (κ1) is 16.0. The number of aromatic nitrogens is 3. The maximum absolute atomic E-state index is 4.73. The molecule has 0 bridgehead atoms. The minimum atomic E-state index is 0. The minimum Gasteiger partial charge on any atom is -0.309 e. The lowest BCUT2D eigenvalue weighted by molar-refractivity contribution is 0.763. The van der Waals surface area contributed by atoms with Crippen LogP contribution in [0.15, 0.2) is 12.4 Å². The van der Waals surface area contributed by atoms with Crippen LogP contribution in [0.1, 0.15) is 22.4 Å². The highest BCUT2D eigenvalue weighted by Gasteiger charge is 2.20. The topological polar surface area (TPSA) is 42.7 Å². The molecule has 2 aromatic heterocycles. The third kappa shape index (κ3) is 2.61. The van der Waals surface area contributed by atoms with Gasteiger partial charge in [-0.2, -0.15) is 5.10 Å². The number of hydrogen-bond acceptors (Lipinski definition) is 3. The number of nitrogens with zero attached hydrogens (tertiary/aromatic N) is 3. The molecule has 4 nitrogen and oxygen atoms in total. The monoisotopic (exact) mass is 300 g/mol. The number of rotatable bonds is 1. The van der Waals surface area contributed by atoms with Gasteiger partial charge in [-0.25, -0.2) is 0 Å². The molecule has 1 aliphatic heterocycles. The number of pyridine rings is 1. The zero-order chi connectivity index (χ0) is 12.0. The number of fused-ring (bicyclic) bond motifs is 1. The lowest BCUT2D eigenvalue weighted by atomic mass is 10.00. The number of aryl methyl sites for hydroxylation is 2. The first-order valence-corrected chi connectivity index (χ1v) is 5.85. The van der Waals surface area contributed by atoms with E-state index in [1.807, 2.05) is 24.1 Å². The van der Waals surface area contributed by atoms with Crippen molar-refractivity contribution >= 4 is 24.8 Å². The lowest BCUT2D eigenvalue weighted by Gasteiger charge is -2.10. The molecule has 0 spiro atoms. The lowest BCUT2D eigenvalue weighted by Crippen LogP contribution is -2.00. The second-order valence-corrected chi connectivity index (χ2v) is 4.63. The maximum Gasteiger partial charge on any atom is 0.0785 e. The number of halogens is 2. The summed E-state index contributed by atoms with van der Waals surface area (Å²) in [6, 6.07) is 0. The second-order valence-electron chi connectivity index (χ2n) is 4.63. The number of hydrogen-bond donors (Lipinski definition) is 1. The minimum absolute atomic E-state index is 0. The van der Waals surface area contributed by atoms with Crippen LogP contribution in [-0.4, -0.2) is 14.8 Å². The Labute approximate surface area is 125 Å². The molecule has 0 aliphatic carbocycles. The molecular formula is C13H18Cl2N4. The smallest absolute Gasteiger partial charge is 0.0785 e. The van der Waals surface area contributed by atoms with Crippen LogP contribution in [0.4, 0.5) is 0 Å². The van der Waals surface area contributed by atoms with Crippen molar-refractivity contribution in [1.29, 1.82) is 0 Å². The zero-order valence-corrected chi connectivity index (χ0v) is 12.9. The summed E-state index contributed by atoms with van der Waals surface area (Å²) in [6.07, 6.45) is 3.91. The van der Waals surface area contributed by atoms with E-state index in [2.05, 4.69) is 24.3 Å². The van der Waals surface area contributed by atoms with Gasteiger partial charge in [-0.05, 0) is 30.5 Å². The van der Waals surface area contributed by atoms with E-state index in [0.717, 1.165) is 30.0 Å². The van der Waals surface area contributed by atoms with Crippen molar-refractivity contribution in [2.24, 2.45) is 7.05 Å². The molecule has 0 aromatic carbocycles. The van der Waals surface area contributed by atoms with Crippen molar-refractivity contribution in [3.8, 4) is 11.3 Å². The van der Waals surface area contributed by atoms with Crippen molar-refractivity contribution < 1.29 is 0 Å². The maximum atomic E-state index is 4.73. The number of nitrogens with one attached hydrogen (secondary N) is 1. The Morgan fingerprint density at radius 2 is 1.84 bits per heavy atom. The van der Waals surface area contributed by atoms with Crippen molar-refractivity contribution in [3.63, 3.8) is 0 Å². The van der Waals surface area contributed by atoms with E-state index in [1.54, 1.807) is 0 Å². The van der Waals surface area contributed by atoms with Crippen LogP contribution in [0.5, 0.6) is 0 Å². The standard InChI is InChI=1S/C13H16N4.2ClH/c1-8-9(2)16-13(10-4-15-17(3)7-10)12-6-14-5-11(8)12;;/h4,7,14H,5-6H2,1-3H3;2*1H. The van der Waals surface area contributed by atoms with Crippen LogP contribution < -0.4 is 5.32 Å². The van der Waals surface area contributed by atoms with Gasteiger partial charge in [0, 0.05) is 37.6 Å². The summed E-state index contributed by atoms with van der Waals surface area (Å²) in [6.45, 7) is 6.10. The van der Waals surface area contributed by atoms with Crippen LogP contribution in [0, 0.1) is 13.8 Å². The van der Waals surface area contributed by atoms with E-state index in [0.29, 0.717) is 0 Å². The van der Waals surface area contributed by atoms with E-state index < -0.39 is 0 Å². The second kappa shape index (κ2) is 5.90. The Morgan fingerprint density at radius 1 is 1.16 bits per heavy atom. The van der Waals surface area contributed by atoms with Gasteiger partial charge < -0.3 is 5.32 Å². The van der Waals surface area contributed by atoms with Crippen LogP contribution in [-0.2, 0) is 20.1 Å². The molecular weight excluding hydrogens is 283 g/mol. The summed E-state index contributed by atoms with van der Waals surface area (Å²) >= 11 is 0. The molecule has 0 atom stereocenters. The van der Waals surface area contributed by atoms with E-state index in [9.17, 15) is 0 Å². The Balaban J connectivity index is 0.000000902. The highest BCUT2D eigenvalue weighted by Crippen LogP contribution is 2.30. The summed E-state index contributed by atoms with van der Waals surface area (Å²) in [4.78, 5) is 4.73. The zero-order valence-electron chi connectivity index (χ0n) is 11.2. The largest absolute Gasteiger partial charge is 0.309 e. The molecule has 0 amide bonds. The molecule has 2 aromatic rings. The van der Waals surface area contributed by atoms with Crippen LogP contribution in [0.25, 0.3) is 11.3 Å². The molecule has 1 aliphatic rings. The van der Waals surface area contributed by atoms with Gasteiger partial charge in [-0.15, -0.1) is 24.8 Å². The SMILES string of the molecule is Cc1nc(-c2cnn(C)c2)c2c(c1C)CNC2.Cl.Cl. The molecule has 3 rings (SSSR count). The van der Waals surface area contributed by atoms with Crippen LogP contribution >= 0.6 is 24.8 Å². The van der Waals surface area contributed by atoms with Gasteiger partial charge in [0.15, 0.2) is 0 Å². The summed E-state index contributed by atoms with van der Waals surface area (Å²) in [7, 11) is 1.93. The summed E-state index contributed by atoms with van der Waals surface area (Å²) < 4.78 is 1.82. The summed E-state index contributed by atoms with van der Waals surface area (Å²) in [5.41, 5.74) is 7.37. The molecule has 19 heavy (non-hydrogen) atoms. The highest BCUT2D eigenvalue weighted by atomic mass is 35.5. The molecule has 104 valence electrons. The molecule has 6 heteroatoms. The van der Waals surface area contributed by atoms with Gasteiger partial charge in [-0.3, -0.25) is 9.67 Å². The fourth-order valence-corrected chi connectivity index (χ4v) is 2.43. The van der Waals surface area contributed by atoms with E-state index in [-0.39, 0.29) is 24.8 Å². The Kier molecular flexibility index (Phi) is 4.96. The van der Waals surface area contributed by atoms with E-state index in [1.165, 1.54) is 16.7 Å². The summed E-state index contributed by atoms with van der Waals surface area (Å²) in [5, 5.41) is 7.63. The fourth-order valence-electron chi connectivity index (χ4n) is 2.43. The van der Waals surface area contributed by atoms with Gasteiger partial charge in [-0.1, -0.05) is 0 Å². The predicted octanol–water partition coefficient (Wildman–Crippen LogP) is 2.55. The van der Waals surface area contributed by atoms with Crippen molar-refractivity contribution in [2.45, 2.75) is 26.9 Å². The molecule has 0 radical (unpaired) electrons. The average Bonchev–Trinajstić information content (AvgIpc) is 2.92. The van der Waals surface area contributed by atoms with Crippen LogP contribution in [0.3, 0.4) is 0 Å². The van der Waals surface area contributed by atoms with Gasteiger partial charge in [0.1, 0.15) is 0 Å². The molecule has 3 heterocycles. The Hall–Kier alpha value is -1.10. The molecule has 0 saturated heterocycles. The molecule has 0 fully saturated rings. The third-order valence-corrected chi connectivity index (χ3v) is 3.51. The van der Waals surface area contributed by atoms with Crippen molar-refractivity contribution in [1.82, 2.24) is 20.1 Å². The van der Waals surface area contributed by atoms with Gasteiger partial charge in [0.05, 0.1) is 11.9 Å². The molecule has 0 saturated carbocycles. The van der Waals surface area contributed by atoms with Crippen molar-refractivity contribution in [3.05, 3.63) is 34.8 Å². The Bertz CT molecular complexity index is 593. The molecule has 0 unspecified atom stereocenters. The Morgan fingerprint density at radius 3 is 2.47 bits per heavy atom. The first-order valence-electron chi connectivity index (χ1n) is 5.85. The third-order valence-electron chi connectivity index (χ3n) is 3.51. The van der Waals surface area contributed by atoms with E-state index in [4.69, 9.17) is 4.98 Å². The fraction of sp³-hybridized carbons (Fsp3) is 0.385. The van der Waals surface area contributed by atoms with Gasteiger partial charge >= 0.3 is 0 Å². The van der Waals surface area contributed by atoms with Crippen LogP contribution in [0.2, 0.25) is 0 Å². The summed E-state index contributed by atoms with van der Waals surface area (Å²) in [5.74, 6) is 0. The highest BCUT2D eigenvalue weighted by molar-refractivity contribution is 5.85. The quantitative estimate of drug-likeness (QED) is 0.880. The van der Waals surface area contributed by atoms with Gasteiger partial charge in [0.2, 0.25) is 0 Å². The van der Waals surface area contributed by atoms with Crippen molar-refractivity contribution in [2.75, 3.05) is 0 Å². The van der Waals surface area contributed by atoms with E-state index >= 15 is 0 Å². The average molecular weight is 301 g/mol. The normalized spacial score (nSPS) is 12.6. The van der Waals surface area contributed by atoms with Gasteiger partial charge in [0.25, 0.3) is 0 Å². The molecule has 1 N–H and O–H groups in total.